The molecule has 0 unspecified atom stereocenters. The molecule has 0 spiro atoms. The summed E-state index contributed by atoms with van der Waals surface area (Å²) in [6.45, 7) is 3.21. The Morgan fingerprint density at radius 1 is 1.33 bits per heavy atom. The van der Waals surface area contributed by atoms with Gasteiger partial charge in [0.2, 0.25) is 5.91 Å². The van der Waals surface area contributed by atoms with E-state index in [9.17, 15) is 9.59 Å². The number of fused-ring (bicyclic) bond motifs is 1. The lowest BCUT2D eigenvalue weighted by molar-refractivity contribution is -0.115. The Morgan fingerprint density at radius 2 is 2.17 bits per heavy atom. The van der Waals surface area contributed by atoms with Gasteiger partial charge in [-0.25, -0.2) is 4.79 Å². The third-order valence-corrected chi connectivity index (χ3v) is 4.94. The molecule has 0 atom stereocenters. The zero-order valence-corrected chi connectivity index (χ0v) is 14.6. The number of aryl methyl sites for hydroxylation is 2. The number of nitrogens with one attached hydrogen (secondary N) is 1. The first kappa shape index (κ1) is 16.5. The molecule has 0 fully saturated rings. The average molecular weight is 344 g/mol. The molecule has 1 aliphatic heterocycles. The number of methoxy groups -OCH3 is 1. The minimum Gasteiger partial charge on any atom is -0.465 e. The van der Waals surface area contributed by atoms with Gasteiger partial charge in [0, 0.05) is 12.2 Å². The van der Waals surface area contributed by atoms with Crippen molar-refractivity contribution in [1.29, 1.82) is 0 Å². The highest BCUT2D eigenvalue weighted by molar-refractivity contribution is 7.14. The molecule has 1 N–H and O–H groups in total. The van der Waals surface area contributed by atoms with E-state index in [0.717, 1.165) is 25.1 Å². The van der Waals surface area contributed by atoms with E-state index in [-0.39, 0.29) is 12.5 Å². The van der Waals surface area contributed by atoms with Gasteiger partial charge in [-0.1, -0.05) is 17.7 Å². The molecule has 24 heavy (non-hydrogen) atoms. The van der Waals surface area contributed by atoms with E-state index in [1.807, 2.05) is 0 Å². The number of amides is 1. The Kier molecular flexibility index (Phi) is 4.85. The summed E-state index contributed by atoms with van der Waals surface area (Å²) < 4.78 is 4.73. The second kappa shape index (κ2) is 7.05. The molecule has 1 aromatic heterocycles. The van der Waals surface area contributed by atoms with Gasteiger partial charge in [0.05, 0.1) is 19.2 Å². The zero-order valence-electron chi connectivity index (χ0n) is 13.8. The minimum absolute atomic E-state index is 0.129. The zero-order chi connectivity index (χ0) is 17.1. The standard InChI is InChI=1S/C18H20N2O3S/c1-12-5-6-15-13(10-12)4-3-8-20(15)11-16(21)19-17-14(7-9-24-17)18(22)23-2/h5-7,9-10H,3-4,8,11H2,1-2H3,(H,19,21). The predicted octanol–water partition coefficient (Wildman–Crippen LogP) is 3.23. The van der Waals surface area contributed by atoms with Gasteiger partial charge in [-0.3, -0.25) is 4.79 Å². The Morgan fingerprint density at radius 3 is 2.96 bits per heavy atom. The minimum atomic E-state index is -0.439. The summed E-state index contributed by atoms with van der Waals surface area (Å²) in [7, 11) is 1.33. The highest BCUT2D eigenvalue weighted by atomic mass is 32.1. The van der Waals surface area contributed by atoms with Crippen molar-refractivity contribution in [3.63, 3.8) is 0 Å². The van der Waals surface area contributed by atoms with Crippen LogP contribution in [-0.2, 0) is 16.0 Å². The first-order valence-corrected chi connectivity index (χ1v) is 8.76. The van der Waals surface area contributed by atoms with Crippen molar-refractivity contribution in [3.8, 4) is 0 Å². The van der Waals surface area contributed by atoms with Crippen LogP contribution in [0.1, 0.15) is 27.9 Å². The van der Waals surface area contributed by atoms with E-state index in [1.165, 1.54) is 29.6 Å². The molecule has 0 saturated heterocycles. The smallest absolute Gasteiger partial charge is 0.340 e. The third-order valence-electron chi connectivity index (χ3n) is 4.11. The van der Waals surface area contributed by atoms with Gasteiger partial charge in [0.1, 0.15) is 5.00 Å². The monoisotopic (exact) mass is 344 g/mol. The van der Waals surface area contributed by atoms with Crippen molar-refractivity contribution in [2.75, 3.05) is 30.4 Å². The second-order valence-corrected chi connectivity index (χ2v) is 6.78. The van der Waals surface area contributed by atoms with E-state index in [1.54, 1.807) is 11.4 Å². The molecule has 3 rings (SSSR count). The summed E-state index contributed by atoms with van der Waals surface area (Å²) in [5.41, 5.74) is 4.05. The number of thiophene rings is 1. The molecule has 0 bridgehead atoms. The lowest BCUT2D eigenvalue weighted by Crippen LogP contribution is -2.36. The Labute approximate surface area is 145 Å². The number of carbonyl (C=O) groups excluding carboxylic acids is 2. The van der Waals surface area contributed by atoms with Crippen LogP contribution in [-0.4, -0.2) is 32.1 Å². The highest BCUT2D eigenvalue weighted by Crippen LogP contribution is 2.28. The highest BCUT2D eigenvalue weighted by Gasteiger charge is 2.21. The van der Waals surface area contributed by atoms with Gasteiger partial charge in [0.25, 0.3) is 0 Å². The van der Waals surface area contributed by atoms with Crippen LogP contribution in [0.2, 0.25) is 0 Å². The Bertz CT molecular complexity index is 769. The number of rotatable bonds is 4. The van der Waals surface area contributed by atoms with Crippen molar-refractivity contribution in [2.24, 2.45) is 0 Å². The van der Waals surface area contributed by atoms with Crippen molar-refractivity contribution in [1.82, 2.24) is 0 Å². The first-order chi connectivity index (χ1) is 11.6. The maximum atomic E-state index is 12.4. The normalized spacial score (nSPS) is 13.3. The summed E-state index contributed by atoms with van der Waals surface area (Å²) in [6, 6.07) is 8.00. The fourth-order valence-electron chi connectivity index (χ4n) is 2.98. The number of carbonyl (C=O) groups is 2. The third kappa shape index (κ3) is 3.43. The van der Waals surface area contributed by atoms with Crippen LogP contribution in [0.5, 0.6) is 0 Å². The fraction of sp³-hybridized carbons (Fsp3) is 0.333. The van der Waals surface area contributed by atoms with Gasteiger partial charge in [-0.15, -0.1) is 11.3 Å². The van der Waals surface area contributed by atoms with E-state index in [2.05, 4.69) is 35.3 Å². The van der Waals surface area contributed by atoms with Gasteiger partial charge in [-0.2, -0.15) is 0 Å². The molecule has 1 aliphatic rings. The van der Waals surface area contributed by atoms with Crippen LogP contribution in [0.15, 0.2) is 29.6 Å². The number of benzene rings is 1. The summed E-state index contributed by atoms with van der Waals surface area (Å²) in [4.78, 5) is 26.2. The van der Waals surface area contributed by atoms with E-state index in [4.69, 9.17) is 4.74 Å². The summed E-state index contributed by atoms with van der Waals surface area (Å²) >= 11 is 1.32. The maximum absolute atomic E-state index is 12.4. The average Bonchev–Trinajstić information content (AvgIpc) is 3.02. The van der Waals surface area contributed by atoms with Gasteiger partial charge in [-0.05, 0) is 42.8 Å². The molecule has 2 heterocycles. The van der Waals surface area contributed by atoms with Crippen LogP contribution in [0.4, 0.5) is 10.7 Å². The number of hydrogen-bond acceptors (Lipinski definition) is 5. The lowest BCUT2D eigenvalue weighted by Gasteiger charge is -2.31. The van der Waals surface area contributed by atoms with Crippen molar-refractivity contribution < 1.29 is 14.3 Å². The summed E-state index contributed by atoms with van der Waals surface area (Å²) in [6.07, 6.45) is 2.09. The molecule has 5 nitrogen and oxygen atoms in total. The van der Waals surface area contributed by atoms with Crippen LogP contribution >= 0.6 is 11.3 Å². The molecule has 1 amide bonds. The molecule has 2 aromatic rings. The van der Waals surface area contributed by atoms with Crippen LogP contribution in [0, 0.1) is 6.92 Å². The number of anilines is 2. The molecular weight excluding hydrogens is 324 g/mol. The quantitative estimate of drug-likeness (QED) is 0.865. The number of esters is 1. The van der Waals surface area contributed by atoms with Crippen molar-refractivity contribution in [3.05, 3.63) is 46.3 Å². The topological polar surface area (TPSA) is 58.6 Å². The van der Waals surface area contributed by atoms with Crippen molar-refractivity contribution in [2.45, 2.75) is 19.8 Å². The second-order valence-electron chi connectivity index (χ2n) is 5.86. The summed E-state index contributed by atoms with van der Waals surface area (Å²) in [5.74, 6) is -0.568. The molecule has 6 heteroatoms. The van der Waals surface area contributed by atoms with Crippen LogP contribution < -0.4 is 10.2 Å². The van der Waals surface area contributed by atoms with Gasteiger partial charge >= 0.3 is 5.97 Å². The Balaban J connectivity index is 1.71. The number of ether oxygens (including phenoxy) is 1. The number of hydrogen-bond donors (Lipinski definition) is 1. The van der Waals surface area contributed by atoms with Gasteiger partial charge in [0.15, 0.2) is 0 Å². The largest absolute Gasteiger partial charge is 0.465 e. The van der Waals surface area contributed by atoms with Crippen molar-refractivity contribution >= 4 is 33.9 Å². The predicted molar refractivity (Wildman–Crippen MR) is 96.0 cm³/mol. The van der Waals surface area contributed by atoms with Gasteiger partial charge < -0.3 is 15.0 Å². The maximum Gasteiger partial charge on any atom is 0.340 e. The molecular formula is C18H20N2O3S. The molecule has 0 radical (unpaired) electrons. The first-order valence-electron chi connectivity index (χ1n) is 7.88. The molecule has 0 saturated carbocycles. The fourth-order valence-corrected chi connectivity index (χ4v) is 3.78. The van der Waals surface area contributed by atoms with E-state index in [0.29, 0.717) is 10.6 Å². The van der Waals surface area contributed by atoms with E-state index >= 15 is 0 Å². The Hall–Kier alpha value is -2.34. The molecule has 126 valence electrons. The number of nitrogens with zero attached hydrogens (tertiary/aromatic N) is 1. The SMILES string of the molecule is COC(=O)c1ccsc1NC(=O)CN1CCCc2cc(C)ccc21. The van der Waals surface area contributed by atoms with Crippen LogP contribution in [0.3, 0.4) is 0 Å². The van der Waals surface area contributed by atoms with E-state index < -0.39 is 5.97 Å². The summed E-state index contributed by atoms with van der Waals surface area (Å²) in [5, 5.41) is 5.13. The molecule has 0 aliphatic carbocycles. The molecule has 1 aromatic carbocycles. The van der Waals surface area contributed by atoms with Crippen LogP contribution in [0.25, 0.3) is 0 Å². The lowest BCUT2D eigenvalue weighted by atomic mass is 9.99.